The zero-order valence-corrected chi connectivity index (χ0v) is 9.51. The Labute approximate surface area is 74.1 Å². The van der Waals surface area contributed by atoms with E-state index >= 15 is 0 Å². The van der Waals surface area contributed by atoms with Crippen LogP contribution in [0.5, 0.6) is 0 Å². The third kappa shape index (κ3) is 1.85. The zero-order chi connectivity index (χ0) is 9.94. The number of hydrogen-bond acceptors (Lipinski definition) is 1. The maximum atomic E-state index is 12.6. The summed E-state index contributed by atoms with van der Waals surface area (Å²) in [6.07, 6.45) is 0. The predicted octanol–water partition coefficient (Wildman–Crippen LogP) is 1.50. The predicted molar refractivity (Wildman–Crippen MR) is 51.5 cm³/mol. The molecule has 0 aromatic heterocycles. The number of nitrogens with zero attached hydrogens (tertiary/aromatic N) is 4. The van der Waals surface area contributed by atoms with Crippen LogP contribution in [0.2, 0.25) is 0 Å². The van der Waals surface area contributed by atoms with Gasteiger partial charge < -0.3 is 0 Å². The number of halogens is 1. The van der Waals surface area contributed by atoms with Gasteiger partial charge in [0.25, 0.3) is 0 Å². The average Bonchev–Trinajstić information content (AvgIpc) is 1.86. The Morgan fingerprint density at radius 3 is 1.08 bits per heavy atom. The second kappa shape index (κ2) is 4.33. The molecule has 0 saturated carbocycles. The summed E-state index contributed by atoms with van der Waals surface area (Å²) in [5, 5.41) is 0. The maximum Gasteiger partial charge on any atom is 0.202 e. The lowest BCUT2D eigenvalue weighted by molar-refractivity contribution is 0.434. The van der Waals surface area contributed by atoms with Gasteiger partial charge in [-0.05, 0) is 42.3 Å². The first-order valence-electron chi connectivity index (χ1n) is 3.65. The van der Waals surface area contributed by atoms with Gasteiger partial charge in [-0.1, -0.05) is 9.45 Å². The first-order valence-corrected chi connectivity index (χ1v) is 5.25. The van der Waals surface area contributed by atoms with Gasteiger partial charge in [0.2, 0.25) is 7.51 Å². The minimum Gasteiger partial charge on any atom is -0.250 e. The van der Waals surface area contributed by atoms with E-state index in [1.807, 2.05) is 56.3 Å². The van der Waals surface area contributed by atoms with Crippen molar-refractivity contribution in [1.82, 2.24) is 14.0 Å². The van der Waals surface area contributed by atoms with Gasteiger partial charge in [-0.2, -0.15) is 0 Å². The van der Waals surface area contributed by atoms with Crippen LogP contribution in [0.3, 0.4) is 0 Å². The summed E-state index contributed by atoms with van der Waals surface area (Å²) in [4.78, 5) is 3.01. The lowest BCUT2D eigenvalue weighted by Gasteiger charge is -2.38. The molecule has 0 aliphatic heterocycles. The summed E-state index contributed by atoms with van der Waals surface area (Å²) in [6.45, 7) is 0. The summed E-state index contributed by atoms with van der Waals surface area (Å²) >= 11 is 0. The highest BCUT2D eigenvalue weighted by Gasteiger charge is 2.28. The molecule has 0 heterocycles. The molecule has 0 aromatic rings. The van der Waals surface area contributed by atoms with Gasteiger partial charge in [0.15, 0.2) is 0 Å². The van der Waals surface area contributed by atoms with Crippen molar-refractivity contribution in [3.8, 4) is 0 Å². The molecule has 74 valence electrons. The van der Waals surface area contributed by atoms with Gasteiger partial charge in [-0.25, -0.2) is 14.0 Å². The van der Waals surface area contributed by atoms with Gasteiger partial charge in [-0.15, -0.1) is 0 Å². The van der Waals surface area contributed by atoms with E-state index in [4.69, 9.17) is 0 Å². The Morgan fingerprint density at radius 1 is 0.833 bits per heavy atom. The van der Waals surface area contributed by atoms with Crippen LogP contribution in [0.25, 0.3) is 0 Å². The lowest BCUT2D eigenvalue weighted by atomic mass is 11.2. The number of rotatable bonds is 3. The Hall–Kier alpha value is 0.0400. The largest absolute Gasteiger partial charge is 0.250 e. The fourth-order valence-electron chi connectivity index (χ4n) is 1.28. The van der Waals surface area contributed by atoms with Gasteiger partial charge in [0.1, 0.15) is 0 Å². The van der Waals surface area contributed by atoms with E-state index < -0.39 is 7.51 Å². The first kappa shape index (κ1) is 12.0. The minimum absolute atomic E-state index is 1.81. The van der Waals surface area contributed by atoms with Crippen molar-refractivity contribution >= 4 is 7.51 Å². The SMILES string of the molecule is CN(C)P(=NF)(N(C)C)N(C)C. The standard InChI is InChI=1S/C6H18FN4P/c1-9(2)12(8-7,10(3)4)11(5)6/h1-6H3. The van der Waals surface area contributed by atoms with Crippen LogP contribution < -0.4 is 0 Å². The third-order valence-electron chi connectivity index (χ3n) is 1.71. The fraction of sp³-hybridized carbons (Fsp3) is 1.00. The minimum atomic E-state index is -2.23. The molecule has 0 unspecified atom stereocenters. The lowest BCUT2D eigenvalue weighted by Crippen LogP contribution is -2.30. The second-order valence-electron chi connectivity index (χ2n) is 3.15. The molecule has 0 aliphatic carbocycles. The van der Waals surface area contributed by atoms with Crippen LogP contribution in [-0.2, 0) is 0 Å². The molecule has 0 N–H and O–H groups in total. The molecule has 0 radical (unpaired) electrons. The zero-order valence-electron chi connectivity index (χ0n) is 8.61. The van der Waals surface area contributed by atoms with Crippen molar-refractivity contribution in [2.45, 2.75) is 0 Å². The molecule has 0 saturated heterocycles. The van der Waals surface area contributed by atoms with E-state index in [0.29, 0.717) is 0 Å². The Balaban J connectivity index is 5.08. The van der Waals surface area contributed by atoms with Crippen molar-refractivity contribution in [3.05, 3.63) is 0 Å². The highest BCUT2D eigenvalue weighted by Crippen LogP contribution is 2.54. The van der Waals surface area contributed by atoms with E-state index in [9.17, 15) is 4.48 Å². The molecule has 0 amide bonds. The Morgan fingerprint density at radius 2 is 1.08 bits per heavy atom. The van der Waals surface area contributed by atoms with E-state index in [-0.39, 0.29) is 0 Å². The molecule has 0 fully saturated rings. The molecule has 0 aliphatic rings. The van der Waals surface area contributed by atoms with Crippen LogP contribution in [-0.4, -0.2) is 56.3 Å². The molecule has 0 bridgehead atoms. The Bertz CT molecular complexity index is 161. The van der Waals surface area contributed by atoms with Gasteiger partial charge in [-0.3, -0.25) is 0 Å². The molecule has 4 nitrogen and oxygen atoms in total. The maximum absolute atomic E-state index is 12.6. The number of hydrogen-bond donors (Lipinski definition) is 0. The topological polar surface area (TPSA) is 22.1 Å². The first-order chi connectivity index (χ1) is 5.39. The van der Waals surface area contributed by atoms with Crippen LogP contribution >= 0.6 is 7.51 Å². The van der Waals surface area contributed by atoms with Crippen molar-refractivity contribution in [1.29, 1.82) is 0 Å². The monoisotopic (exact) mass is 196 g/mol. The molecular formula is C6H18FN4P. The quantitative estimate of drug-likeness (QED) is 0.639. The van der Waals surface area contributed by atoms with Gasteiger partial charge >= 0.3 is 0 Å². The molecule has 6 heteroatoms. The highest BCUT2D eigenvalue weighted by atomic mass is 31.2. The van der Waals surface area contributed by atoms with Crippen LogP contribution in [0, 0.1) is 0 Å². The molecular weight excluding hydrogens is 178 g/mol. The molecule has 0 rings (SSSR count). The van der Waals surface area contributed by atoms with E-state index in [2.05, 4.69) is 4.97 Å². The normalized spacial score (nSPS) is 13.2. The second-order valence-corrected chi connectivity index (χ2v) is 6.78. The summed E-state index contributed by atoms with van der Waals surface area (Å²) in [5.74, 6) is 0. The van der Waals surface area contributed by atoms with E-state index in [1.54, 1.807) is 0 Å². The summed E-state index contributed by atoms with van der Waals surface area (Å²) in [7, 11) is 8.75. The van der Waals surface area contributed by atoms with Crippen LogP contribution in [0.15, 0.2) is 4.97 Å². The van der Waals surface area contributed by atoms with Crippen LogP contribution in [0.1, 0.15) is 0 Å². The van der Waals surface area contributed by atoms with E-state index in [1.165, 1.54) is 0 Å². The Kier molecular flexibility index (Phi) is 4.34. The van der Waals surface area contributed by atoms with Gasteiger partial charge in [0.05, 0.1) is 0 Å². The molecule has 0 spiro atoms. The summed E-state index contributed by atoms with van der Waals surface area (Å²) < 4.78 is 18.1. The summed E-state index contributed by atoms with van der Waals surface area (Å²) in [6, 6.07) is 0. The smallest absolute Gasteiger partial charge is 0.202 e. The van der Waals surface area contributed by atoms with Crippen molar-refractivity contribution in [2.75, 3.05) is 42.3 Å². The highest BCUT2D eigenvalue weighted by molar-refractivity contribution is 7.58. The molecule has 0 atom stereocenters. The van der Waals surface area contributed by atoms with Gasteiger partial charge in [0, 0.05) is 0 Å². The average molecular weight is 196 g/mol. The molecule has 0 aromatic carbocycles. The molecule has 12 heavy (non-hydrogen) atoms. The van der Waals surface area contributed by atoms with Crippen molar-refractivity contribution < 1.29 is 4.48 Å². The summed E-state index contributed by atoms with van der Waals surface area (Å²) in [5.41, 5.74) is 0. The van der Waals surface area contributed by atoms with E-state index in [0.717, 1.165) is 0 Å². The van der Waals surface area contributed by atoms with Crippen LogP contribution in [0.4, 0.5) is 4.48 Å². The fourth-order valence-corrected chi connectivity index (χ4v) is 3.83. The van der Waals surface area contributed by atoms with Crippen molar-refractivity contribution in [3.63, 3.8) is 0 Å². The third-order valence-corrected chi connectivity index (χ3v) is 5.13. The van der Waals surface area contributed by atoms with Crippen molar-refractivity contribution in [2.24, 2.45) is 4.97 Å².